The van der Waals surface area contributed by atoms with E-state index in [1.54, 1.807) is 24.7 Å². The predicted octanol–water partition coefficient (Wildman–Crippen LogP) is 5.95. The molecular weight excluding hydrogens is 461 g/mol. The number of halogens is 2. The fourth-order valence-electron chi connectivity index (χ4n) is 2.38. The van der Waals surface area contributed by atoms with Crippen molar-refractivity contribution in [3.8, 4) is 5.75 Å². The highest BCUT2D eigenvalue weighted by atomic mass is 35.5. The van der Waals surface area contributed by atoms with Crippen LogP contribution >= 0.6 is 47.9 Å². The molecule has 0 fully saturated rings. The number of aryl methyl sites for hydroxylation is 1. The Kier molecular flexibility index (Phi) is 9.32. The van der Waals surface area contributed by atoms with Crippen molar-refractivity contribution in [2.24, 2.45) is 0 Å². The summed E-state index contributed by atoms with van der Waals surface area (Å²) in [5.74, 6) is 1.28. The van der Waals surface area contributed by atoms with E-state index in [4.69, 9.17) is 4.74 Å². The summed E-state index contributed by atoms with van der Waals surface area (Å²) in [7, 11) is 0. The fourth-order valence-corrected chi connectivity index (χ4v) is 3.77. The lowest BCUT2D eigenvalue weighted by Crippen LogP contribution is -2.01. The van der Waals surface area contributed by atoms with Gasteiger partial charge in [-0.15, -0.1) is 36.2 Å². The zero-order chi connectivity index (χ0) is 19.2. The molecule has 0 aliphatic carbocycles. The number of nitrogens with one attached hydrogen (secondary N) is 1. The molecular formula is C20H19Cl2N5OS2. The average Bonchev–Trinajstić information content (AvgIpc) is 3.14. The molecule has 0 aliphatic heterocycles. The molecule has 156 valence electrons. The maximum absolute atomic E-state index is 6.08. The van der Waals surface area contributed by atoms with Gasteiger partial charge in [0.2, 0.25) is 0 Å². The molecule has 1 N–H and O–H groups in total. The van der Waals surface area contributed by atoms with Crippen LogP contribution in [-0.4, -0.2) is 19.9 Å². The van der Waals surface area contributed by atoms with Crippen molar-refractivity contribution in [2.75, 3.05) is 5.32 Å². The lowest BCUT2D eigenvalue weighted by atomic mass is 10.2. The van der Waals surface area contributed by atoms with Crippen molar-refractivity contribution in [3.63, 3.8) is 0 Å². The first-order chi connectivity index (χ1) is 13.8. The summed E-state index contributed by atoms with van der Waals surface area (Å²) in [5, 5.41) is 6.68. The summed E-state index contributed by atoms with van der Waals surface area (Å²) >= 11 is 2.97. The van der Waals surface area contributed by atoms with Gasteiger partial charge in [0.1, 0.15) is 6.61 Å². The summed E-state index contributed by atoms with van der Waals surface area (Å²) in [4.78, 5) is 18.4. The van der Waals surface area contributed by atoms with Crippen molar-refractivity contribution < 1.29 is 4.74 Å². The molecule has 0 spiro atoms. The van der Waals surface area contributed by atoms with Crippen molar-refractivity contribution in [1.29, 1.82) is 0 Å². The molecule has 10 heteroatoms. The molecule has 0 atom stereocenters. The van der Waals surface area contributed by atoms with Gasteiger partial charge in [-0.3, -0.25) is 0 Å². The number of thiazole rings is 1. The number of ether oxygens (including phenoxy) is 1. The molecule has 0 saturated carbocycles. The van der Waals surface area contributed by atoms with E-state index < -0.39 is 0 Å². The molecule has 1 aromatic carbocycles. The standard InChI is InChI=1S/C20H17N5OS2.2ClH/c1-14-13-27-20(24-14)25-18-17(26-12-15-6-3-2-4-7-15)10-16(11-23-18)28-19-21-8-5-9-22-19;;/h2-11,13H,12H2,1H3,(H,23,24,25);2*1H. The van der Waals surface area contributed by atoms with Gasteiger partial charge in [0.05, 0.1) is 5.69 Å². The number of rotatable bonds is 7. The fraction of sp³-hybridized carbons (Fsp3) is 0.100. The van der Waals surface area contributed by atoms with E-state index in [1.807, 2.05) is 48.7 Å². The zero-order valence-corrected chi connectivity index (χ0v) is 19.2. The minimum absolute atomic E-state index is 0. The summed E-state index contributed by atoms with van der Waals surface area (Å²) < 4.78 is 6.08. The van der Waals surface area contributed by atoms with Gasteiger partial charge in [0.25, 0.3) is 0 Å². The molecule has 3 heterocycles. The monoisotopic (exact) mass is 479 g/mol. The number of anilines is 2. The Labute approximate surface area is 195 Å². The molecule has 0 aliphatic rings. The first-order valence-corrected chi connectivity index (χ1v) is 10.3. The lowest BCUT2D eigenvalue weighted by Gasteiger charge is -2.12. The van der Waals surface area contributed by atoms with Crippen LogP contribution in [0.5, 0.6) is 5.75 Å². The summed E-state index contributed by atoms with van der Waals surface area (Å²) in [6, 6.07) is 13.8. The van der Waals surface area contributed by atoms with E-state index in [0.717, 1.165) is 21.3 Å². The highest BCUT2D eigenvalue weighted by Gasteiger charge is 2.11. The molecule has 30 heavy (non-hydrogen) atoms. The minimum atomic E-state index is 0. The van der Waals surface area contributed by atoms with Gasteiger partial charge in [-0.25, -0.2) is 19.9 Å². The lowest BCUT2D eigenvalue weighted by molar-refractivity contribution is 0.306. The molecule has 4 rings (SSSR count). The number of benzene rings is 1. The van der Waals surface area contributed by atoms with Gasteiger partial charge >= 0.3 is 0 Å². The second kappa shape index (κ2) is 11.7. The molecule has 0 amide bonds. The normalized spacial score (nSPS) is 9.90. The number of aromatic nitrogens is 4. The minimum Gasteiger partial charge on any atom is -0.485 e. The Hall–Kier alpha value is -2.39. The Morgan fingerprint density at radius 1 is 1.03 bits per heavy atom. The molecule has 0 unspecified atom stereocenters. The molecule has 4 aromatic rings. The molecule has 0 saturated heterocycles. The average molecular weight is 480 g/mol. The zero-order valence-electron chi connectivity index (χ0n) is 15.9. The van der Waals surface area contributed by atoms with E-state index in [0.29, 0.717) is 23.3 Å². The molecule has 0 bridgehead atoms. The maximum Gasteiger partial charge on any atom is 0.192 e. The number of hydrogen-bond donors (Lipinski definition) is 1. The predicted molar refractivity (Wildman–Crippen MR) is 126 cm³/mol. The van der Waals surface area contributed by atoms with Crippen LogP contribution in [0.15, 0.2) is 76.5 Å². The van der Waals surface area contributed by atoms with Crippen molar-refractivity contribution in [2.45, 2.75) is 23.6 Å². The van der Waals surface area contributed by atoms with Crippen LogP contribution in [0.4, 0.5) is 10.9 Å². The first-order valence-electron chi connectivity index (χ1n) is 8.57. The van der Waals surface area contributed by atoms with Gasteiger partial charge in [-0.05, 0) is 36.4 Å². The number of pyridine rings is 1. The summed E-state index contributed by atoms with van der Waals surface area (Å²) in [6.07, 6.45) is 5.21. The van der Waals surface area contributed by atoms with Gasteiger partial charge in [0, 0.05) is 28.9 Å². The van der Waals surface area contributed by atoms with Crippen LogP contribution in [0.3, 0.4) is 0 Å². The van der Waals surface area contributed by atoms with Gasteiger partial charge in [-0.2, -0.15) is 0 Å². The second-order valence-corrected chi connectivity index (χ2v) is 7.74. The van der Waals surface area contributed by atoms with Crippen LogP contribution in [-0.2, 0) is 6.61 Å². The third-order valence-electron chi connectivity index (χ3n) is 3.66. The number of hydrogen-bond acceptors (Lipinski definition) is 8. The third-order valence-corrected chi connectivity index (χ3v) is 5.39. The third kappa shape index (κ3) is 6.56. The molecule has 6 nitrogen and oxygen atoms in total. The summed E-state index contributed by atoms with van der Waals surface area (Å²) in [6.45, 7) is 2.41. The molecule has 3 aromatic heterocycles. The summed E-state index contributed by atoms with van der Waals surface area (Å²) in [5.41, 5.74) is 2.05. The maximum atomic E-state index is 6.08. The first kappa shape index (κ1) is 23.9. The number of nitrogens with zero attached hydrogens (tertiary/aromatic N) is 4. The molecule has 0 radical (unpaired) electrons. The van der Waals surface area contributed by atoms with Gasteiger partial charge < -0.3 is 10.1 Å². The van der Waals surface area contributed by atoms with Crippen LogP contribution in [0.25, 0.3) is 0 Å². The Morgan fingerprint density at radius 2 is 1.80 bits per heavy atom. The van der Waals surface area contributed by atoms with Crippen LogP contribution in [0, 0.1) is 6.92 Å². The van der Waals surface area contributed by atoms with Gasteiger partial charge in [0.15, 0.2) is 21.9 Å². The largest absolute Gasteiger partial charge is 0.485 e. The second-order valence-electron chi connectivity index (χ2n) is 5.84. The smallest absolute Gasteiger partial charge is 0.192 e. The van der Waals surface area contributed by atoms with E-state index in [9.17, 15) is 0 Å². The topological polar surface area (TPSA) is 72.8 Å². The van der Waals surface area contributed by atoms with Crippen LogP contribution < -0.4 is 10.1 Å². The Balaban J connectivity index is 0.00000160. The van der Waals surface area contributed by atoms with Gasteiger partial charge in [-0.1, -0.05) is 30.3 Å². The highest BCUT2D eigenvalue weighted by Crippen LogP contribution is 2.33. The van der Waals surface area contributed by atoms with Crippen LogP contribution in [0.2, 0.25) is 0 Å². The van der Waals surface area contributed by atoms with E-state index >= 15 is 0 Å². The Bertz CT molecular complexity index is 1050. The van der Waals surface area contributed by atoms with Crippen molar-refractivity contribution in [1.82, 2.24) is 19.9 Å². The van der Waals surface area contributed by atoms with Crippen LogP contribution in [0.1, 0.15) is 11.3 Å². The Morgan fingerprint density at radius 3 is 2.50 bits per heavy atom. The van der Waals surface area contributed by atoms with E-state index in [2.05, 4.69) is 25.3 Å². The van der Waals surface area contributed by atoms with Crippen molar-refractivity contribution >= 4 is 58.9 Å². The SMILES string of the molecule is Cc1csc(Nc2ncc(Sc3ncccn3)cc2OCc2ccccc2)n1.Cl.Cl. The quantitative estimate of drug-likeness (QED) is 0.328. The highest BCUT2D eigenvalue weighted by molar-refractivity contribution is 7.99. The van der Waals surface area contributed by atoms with E-state index in [1.165, 1.54) is 23.1 Å². The van der Waals surface area contributed by atoms with E-state index in [-0.39, 0.29) is 24.8 Å². The van der Waals surface area contributed by atoms with Crippen molar-refractivity contribution in [3.05, 3.63) is 77.7 Å².